The summed E-state index contributed by atoms with van der Waals surface area (Å²) in [5, 5.41) is 0. The van der Waals surface area contributed by atoms with E-state index in [1.165, 1.54) is 29.4 Å². The molecule has 23 heavy (non-hydrogen) atoms. The highest BCUT2D eigenvalue weighted by Gasteiger charge is 2.35. The van der Waals surface area contributed by atoms with Crippen molar-refractivity contribution >= 4 is 15.7 Å². The van der Waals surface area contributed by atoms with Gasteiger partial charge in [-0.1, -0.05) is 12.1 Å². The number of hydrogen-bond donors (Lipinski definition) is 0. The smallest absolute Gasteiger partial charge is 0.290 e. The summed E-state index contributed by atoms with van der Waals surface area (Å²) in [6.45, 7) is 0.136. The van der Waals surface area contributed by atoms with Gasteiger partial charge in [-0.25, -0.2) is 12.8 Å². The molecule has 1 fully saturated rings. The van der Waals surface area contributed by atoms with Gasteiger partial charge in [-0.05, 0) is 36.2 Å². The maximum Gasteiger partial charge on any atom is 0.290 e. The lowest BCUT2D eigenvalue weighted by atomic mass is 10.1. The average molecular weight is 337 g/mol. The van der Waals surface area contributed by atoms with Gasteiger partial charge in [0.2, 0.25) is 0 Å². The molecule has 5 nitrogen and oxygen atoms in total. The normalized spacial score (nSPS) is 19.6. The molecular weight excluding hydrogens is 321 g/mol. The number of halogens is 1. The molecule has 0 radical (unpaired) electrons. The van der Waals surface area contributed by atoms with Crippen molar-refractivity contribution in [2.75, 3.05) is 11.5 Å². The number of hydrogen-bond acceptors (Lipinski definition) is 4. The third-order valence-corrected chi connectivity index (χ3v) is 5.63. The molecule has 2 aromatic rings. The fourth-order valence-corrected chi connectivity index (χ4v) is 4.49. The molecule has 0 saturated carbocycles. The molecule has 2 heterocycles. The van der Waals surface area contributed by atoms with E-state index in [1.54, 1.807) is 18.2 Å². The SMILES string of the molecule is O=C(c1ccco1)N(Cc1cccc(F)c1)[C@H]1CCS(=O)(=O)C1. The van der Waals surface area contributed by atoms with Crippen LogP contribution in [0, 0.1) is 5.82 Å². The Bertz CT molecular complexity index is 801. The average Bonchev–Trinajstić information content (AvgIpc) is 3.13. The molecule has 7 heteroatoms. The van der Waals surface area contributed by atoms with E-state index in [1.807, 2.05) is 0 Å². The zero-order valence-electron chi connectivity index (χ0n) is 12.3. The molecule has 1 aromatic carbocycles. The first-order chi connectivity index (χ1) is 10.9. The highest BCUT2D eigenvalue weighted by atomic mass is 32.2. The van der Waals surface area contributed by atoms with Crippen molar-refractivity contribution in [1.29, 1.82) is 0 Å². The highest BCUT2D eigenvalue weighted by Crippen LogP contribution is 2.22. The number of amides is 1. The summed E-state index contributed by atoms with van der Waals surface area (Å²) in [6.07, 6.45) is 1.77. The fourth-order valence-electron chi connectivity index (χ4n) is 2.76. The van der Waals surface area contributed by atoms with Crippen LogP contribution in [0.15, 0.2) is 47.1 Å². The number of rotatable bonds is 4. The Kier molecular flexibility index (Phi) is 4.21. The van der Waals surface area contributed by atoms with Gasteiger partial charge >= 0.3 is 0 Å². The van der Waals surface area contributed by atoms with Gasteiger partial charge in [-0.3, -0.25) is 4.79 Å². The predicted molar refractivity (Wildman–Crippen MR) is 82.0 cm³/mol. The summed E-state index contributed by atoms with van der Waals surface area (Å²) in [6, 6.07) is 8.62. The summed E-state index contributed by atoms with van der Waals surface area (Å²) in [5.74, 6) is -0.656. The molecule has 1 aromatic heterocycles. The Hall–Kier alpha value is -2.15. The molecule has 0 spiro atoms. The number of benzene rings is 1. The van der Waals surface area contributed by atoms with Crippen LogP contribution in [0.1, 0.15) is 22.5 Å². The maximum atomic E-state index is 13.4. The first kappa shape index (κ1) is 15.7. The van der Waals surface area contributed by atoms with Crippen LogP contribution >= 0.6 is 0 Å². The zero-order valence-corrected chi connectivity index (χ0v) is 13.1. The number of nitrogens with zero attached hydrogens (tertiary/aromatic N) is 1. The van der Waals surface area contributed by atoms with E-state index >= 15 is 0 Å². The van der Waals surface area contributed by atoms with Crippen LogP contribution in [0.3, 0.4) is 0 Å². The summed E-state index contributed by atoms with van der Waals surface area (Å²) < 4.78 is 42.0. The van der Waals surface area contributed by atoms with Crippen LogP contribution in [-0.2, 0) is 16.4 Å². The Morgan fingerprint density at radius 2 is 2.13 bits per heavy atom. The van der Waals surface area contributed by atoms with E-state index in [2.05, 4.69) is 0 Å². The number of sulfone groups is 1. The quantitative estimate of drug-likeness (QED) is 0.858. The van der Waals surface area contributed by atoms with Crippen molar-refractivity contribution in [3.8, 4) is 0 Å². The molecular formula is C16H16FNO4S. The number of carbonyl (C=O) groups is 1. The number of furan rings is 1. The summed E-state index contributed by atoms with van der Waals surface area (Å²) >= 11 is 0. The highest BCUT2D eigenvalue weighted by molar-refractivity contribution is 7.91. The Balaban J connectivity index is 1.88. The van der Waals surface area contributed by atoms with E-state index in [-0.39, 0.29) is 29.7 Å². The van der Waals surface area contributed by atoms with Crippen molar-refractivity contribution in [2.24, 2.45) is 0 Å². The Labute approximate surface area is 133 Å². The lowest BCUT2D eigenvalue weighted by molar-refractivity contribution is 0.0648. The van der Waals surface area contributed by atoms with Crippen LogP contribution in [0.25, 0.3) is 0 Å². The van der Waals surface area contributed by atoms with E-state index in [0.717, 1.165) is 0 Å². The second kappa shape index (κ2) is 6.16. The van der Waals surface area contributed by atoms with Gasteiger partial charge in [0.1, 0.15) is 5.82 Å². The van der Waals surface area contributed by atoms with Gasteiger partial charge in [0.15, 0.2) is 15.6 Å². The van der Waals surface area contributed by atoms with E-state index < -0.39 is 21.7 Å². The van der Waals surface area contributed by atoms with E-state index in [0.29, 0.717) is 12.0 Å². The van der Waals surface area contributed by atoms with Crippen LogP contribution in [-0.4, -0.2) is 36.8 Å². The largest absolute Gasteiger partial charge is 0.459 e. The standard InChI is InChI=1S/C16H16FNO4S/c17-13-4-1-3-12(9-13)10-18(14-6-8-23(20,21)11-14)16(19)15-5-2-7-22-15/h1-5,7,9,14H,6,8,10-11H2/t14-/m0/s1. The molecule has 1 saturated heterocycles. The van der Waals surface area contributed by atoms with Crippen LogP contribution < -0.4 is 0 Å². The van der Waals surface area contributed by atoms with Crippen molar-refractivity contribution in [2.45, 2.75) is 19.0 Å². The molecule has 0 aliphatic carbocycles. The fraction of sp³-hybridized carbons (Fsp3) is 0.312. The number of carbonyl (C=O) groups excluding carboxylic acids is 1. The van der Waals surface area contributed by atoms with Gasteiger partial charge in [0.05, 0.1) is 17.8 Å². The van der Waals surface area contributed by atoms with Crippen molar-refractivity contribution in [1.82, 2.24) is 4.90 Å². The van der Waals surface area contributed by atoms with Crippen molar-refractivity contribution < 1.29 is 22.0 Å². The van der Waals surface area contributed by atoms with Gasteiger partial charge in [0, 0.05) is 12.6 Å². The molecule has 0 N–H and O–H groups in total. The topological polar surface area (TPSA) is 67.6 Å². The lowest BCUT2D eigenvalue weighted by Gasteiger charge is -2.27. The Morgan fingerprint density at radius 3 is 2.74 bits per heavy atom. The van der Waals surface area contributed by atoms with Gasteiger partial charge in [-0.15, -0.1) is 0 Å². The second-order valence-corrected chi connectivity index (χ2v) is 7.83. The third kappa shape index (κ3) is 3.61. The maximum absolute atomic E-state index is 13.4. The zero-order chi connectivity index (χ0) is 16.4. The summed E-state index contributed by atoms with van der Waals surface area (Å²) in [7, 11) is -3.14. The van der Waals surface area contributed by atoms with Crippen LogP contribution in [0.4, 0.5) is 4.39 Å². The van der Waals surface area contributed by atoms with Crippen molar-refractivity contribution in [3.05, 3.63) is 59.8 Å². The molecule has 122 valence electrons. The lowest BCUT2D eigenvalue weighted by Crippen LogP contribution is -2.40. The van der Waals surface area contributed by atoms with Gasteiger partial charge in [-0.2, -0.15) is 0 Å². The van der Waals surface area contributed by atoms with Gasteiger partial charge in [0.25, 0.3) is 5.91 Å². The molecule has 3 rings (SSSR count). The van der Waals surface area contributed by atoms with Crippen molar-refractivity contribution in [3.63, 3.8) is 0 Å². The first-order valence-corrected chi connectivity index (χ1v) is 9.06. The molecule has 0 unspecified atom stereocenters. The molecule has 1 aliphatic heterocycles. The predicted octanol–water partition coefficient (Wildman–Crippen LogP) is 2.25. The van der Waals surface area contributed by atoms with E-state index in [9.17, 15) is 17.6 Å². The molecule has 0 bridgehead atoms. The monoisotopic (exact) mass is 337 g/mol. The first-order valence-electron chi connectivity index (χ1n) is 7.24. The third-order valence-electron chi connectivity index (χ3n) is 3.88. The van der Waals surface area contributed by atoms with Gasteiger partial charge < -0.3 is 9.32 Å². The molecule has 1 amide bonds. The Morgan fingerprint density at radius 1 is 1.30 bits per heavy atom. The second-order valence-electron chi connectivity index (χ2n) is 5.60. The minimum Gasteiger partial charge on any atom is -0.459 e. The summed E-state index contributed by atoms with van der Waals surface area (Å²) in [5.41, 5.74) is 0.606. The van der Waals surface area contributed by atoms with Crippen LogP contribution in [0.5, 0.6) is 0 Å². The van der Waals surface area contributed by atoms with Crippen LogP contribution in [0.2, 0.25) is 0 Å². The van der Waals surface area contributed by atoms with E-state index in [4.69, 9.17) is 4.42 Å². The minimum atomic E-state index is -3.14. The molecule has 1 aliphatic rings. The molecule has 1 atom stereocenters. The minimum absolute atomic E-state index is 0.0583. The summed E-state index contributed by atoms with van der Waals surface area (Å²) in [4.78, 5) is 14.1.